The second-order valence-corrected chi connectivity index (χ2v) is 6.11. The summed E-state index contributed by atoms with van der Waals surface area (Å²) in [6.45, 7) is 4.83. The number of carboxylic acid groups (broad SMARTS) is 1. The van der Waals surface area contributed by atoms with Crippen LogP contribution < -0.4 is 5.32 Å². The average molecular weight is 299 g/mol. The summed E-state index contributed by atoms with van der Waals surface area (Å²) in [6, 6.07) is -1.06. The fourth-order valence-corrected chi connectivity index (χ4v) is 2.64. The van der Waals surface area contributed by atoms with Gasteiger partial charge in [-0.25, -0.2) is 9.59 Å². The van der Waals surface area contributed by atoms with Gasteiger partial charge in [-0.3, -0.25) is 0 Å². The zero-order chi connectivity index (χ0) is 15.8. The molecule has 0 spiro atoms. The molecule has 1 unspecified atom stereocenters. The summed E-state index contributed by atoms with van der Waals surface area (Å²) in [6.07, 6.45) is 4.39. The molecule has 6 heteroatoms. The molecule has 1 aliphatic rings. The lowest BCUT2D eigenvalue weighted by atomic mass is 9.97. The van der Waals surface area contributed by atoms with Crippen molar-refractivity contribution in [1.29, 1.82) is 0 Å². The van der Waals surface area contributed by atoms with Gasteiger partial charge in [-0.2, -0.15) is 0 Å². The highest BCUT2D eigenvalue weighted by Gasteiger charge is 2.24. The van der Waals surface area contributed by atoms with E-state index in [1.165, 1.54) is 0 Å². The first-order valence-corrected chi connectivity index (χ1v) is 7.87. The van der Waals surface area contributed by atoms with E-state index in [-0.39, 0.29) is 6.03 Å². The van der Waals surface area contributed by atoms with Crippen LogP contribution >= 0.6 is 0 Å². The molecule has 2 amide bonds. The second kappa shape index (κ2) is 8.87. The molecule has 1 aliphatic heterocycles. The van der Waals surface area contributed by atoms with Crippen molar-refractivity contribution < 1.29 is 14.7 Å². The van der Waals surface area contributed by atoms with Crippen LogP contribution in [0, 0.1) is 5.92 Å². The molecule has 0 aliphatic carbocycles. The van der Waals surface area contributed by atoms with Gasteiger partial charge in [0, 0.05) is 13.6 Å². The van der Waals surface area contributed by atoms with E-state index in [0.717, 1.165) is 38.8 Å². The Kier molecular flexibility index (Phi) is 7.50. The summed E-state index contributed by atoms with van der Waals surface area (Å²) in [4.78, 5) is 27.2. The minimum absolute atomic E-state index is 0.280. The molecule has 0 aromatic carbocycles. The van der Waals surface area contributed by atoms with Crippen molar-refractivity contribution in [3.63, 3.8) is 0 Å². The smallest absolute Gasteiger partial charge is 0.326 e. The summed E-state index contributed by atoms with van der Waals surface area (Å²) >= 11 is 0. The standard InChI is InChI=1S/C15H29N3O3/c1-4-5-6-13(14(19)20)16-15(21)18(3)11-12-7-9-17(2)10-8-12/h12-13H,4-11H2,1-3H3,(H,16,21)(H,19,20). The van der Waals surface area contributed by atoms with Crippen molar-refractivity contribution in [2.75, 3.05) is 33.7 Å². The number of aliphatic carboxylic acids is 1. The molecule has 0 radical (unpaired) electrons. The van der Waals surface area contributed by atoms with E-state index in [9.17, 15) is 9.59 Å². The number of carboxylic acids is 1. The molecule has 1 atom stereocenters. The number of piperidine rings is 1. The number of amides is 2. The maximum Gasteiger partial charge on any atom is 0.326 e. The number of nitrogens with one attached hydrogen (secondary N) is 1. The van der Waals surface area contributed by atoms with Crippen LogP contribution in [0.5, 0.6) is 0 Å². The van der Waals surface area contributed by atoms with Crippen LogP contribution in [0.15, 0.2) is 0 Å². The fourth-order valence-electron chi connectivity index (χ4n) is 2.64. The Hall–Kier alpha value is -1.30. The number of rotatable bonds is 7. The van der Waals surface area contributed by atoms with Crippen molar-refractivity contribution in [3.8, 4) is 0 Å². The van der Waals surface area contributed by atoms with Crippen LogP contribution in [0.3, 0.4) is 0 Å². The minimum Gasteiger partial charge on any atom is -0.480 e. The van der Waals surface area contributed by atoms with Gasteiger partial charge in [0.05, 0.1) is 0 Å². The lowest BCUT2D eigenvalue weighted by Gasteiger charge is -2.32. The predicted octanol–water partition coefficient (Wildman–Crippen LogP) is 1.61. The van der Waals surface area contributed by atoms with E-state index in [0.29, 0.717) is 18.9 Å². The quantitative estimate of drug-likeness (QED) is 0.749. The van der Waals surface area contributed by atoms with Crippen LogP contribution in [-0.2, 0) is 4.79 Å². The van der Waals surface area contributed by atoms with Gasteiger partial charge in [-0.15, -0.1) is 0 Å². The molecular formula is C15H29N3O3. The fraction of sp³-hybridized carbons (Fsp3) is 0.867. The number of likely N-dealkylation sites (tertiary alicyclic amines) is 1. The van der Waals surface area contributed by atoms with Gasteiger partial charge in [0.25, 0.3) is 0 Å². The van der Waals surface area contributed by atoms with Gasteiger partial charge >= 0.3 is 12.0 Å². The predicted molar refractivity (Wildman–Crippen MR) is 82.3 cm³/mol. The van der Waals surface area contributed by atoms with Gasteiger partial charge in [0.15, 0.2) is 0 Å². The molecule has 2 N–H and O–H groups in total. The van der Waals surface area contributed by atoms with Crippen molar-refractivity contribution in [3.05, 3.63) is 0 Å². The number of nitrogens with zero attached hydrogens (tertiary/aromatic N) is 2. The van der Waals surface area contributed by atoms with E-state index in [4.69, 9.17) is 5.11 Å². The van der Waals surface area contributed by atoms with Crippen LogP contribution in [0.25, 0.3) is 0 Å². The summed E-state index contributed by atoms with van der Waals surface area (Å²) in [5, 5.41) is 11.8. The van der Waals surface area contributed by atoms with Crippen molar-refractivity contribution in [2.24, 2.45) is 5.92 Å². The molecule has 122 valence electrons. The highest BCUT2D eigenvalue weighted by molar-refractivity contribution is 5.82. The number of carbonyl (C=O) groups excluding carboxylic acids is 1. The van der Waals surface area contributed by atoms with E-state index in [2.05, 4.69) is 17.3 Å². The molecule has 6 nitrogen and oxygen atoms in total. The van der Waals surface area contributed by atoms with Gasteiger partial charge in [0.2, 0.25) is 0 Å². The largest absolute Gasteiger partial charge is 0.480 e. The normalized spacial score (nSPS) is 18.2. The van der Waals surface area contributed by atoms with Crippen molar-refractivity contribution in [1.82, 2.24) is 15.1 Å². The number of hydrogen-bond donors (Lipinski definition) is 2. The zero-order valence-electron chi connectivity index (χ0n) is 13.5. The van der Waals surface area contributed by atoms with Gasteiger partial charge in [-0.1, -0.05) is 19.8 Å². The molecule has 21 heavy (non-hydrogen) atoms. The van der Waals surface area contributed by atoms with E-state index in [1.54, 1.807) is 11.9 Å². The molecule has 1 rings (SSSR count). The minimum atomic E-state index is -0.954. The number of carbonyl (C=O) groups is 2. The SMILES string of the molecule is CCCCC(NC(=O)N(C)CC1CCN(C)CC1)C(=O)O. The highest BCUT2D eigenvalue weighted by atomic mass is 16.4. The Morgan fingerprint density at radius 2 is 2.00 bits per heavy atom. The molecular weight excluding hydrogens is 270 g/mol. The third-order valence-corrected chi connectivity index (χ3v) is 4.16. The molecule has 0 aromatic rings. The van der Waals surface area contributed by atoms with Gasteiger partial charge in [-0.05, 0) is 45.3 Å². The molecule has 0 bridgehead atoms. The Bertz CT molecular complexity index is 341. The van der Waals surface area contributed by atoms with Crippen LogP contribution in [0.2, 0.25) is 0 Å². The van der Waals surface area contributed by atoms with Gasteiger partial charge in [0.1, 0.15) is 6.04 Å². The first-order chi connectivity index (χ1) is 9.93. The maximum absolute atomic E-state index is 12.1. The number of urea groups is 1. The highest BCUT2D eigenvalue weighted by Crippen LogP contribution is 2.16. The number of hydrogen-bond acceptors (Lipinski definition) is 3. The third kappa shape index (κ3) is 6.33. The van der Waals surface area contributed by atoms with Crippen LogP contribution in [0.1, 0.15) is 39.0 Å². The lowest BCUT2D eigenvalue weighted by Crippen LogP contribution is -2.48. The molecule has 1 fully saturated rings. The van der Waals surface area contributed by atoms with Crippen molar-refractivity contribution in [2.45, 2.75) is 45.1 Å². The Labute approximate surface area is 127 Å². The van der Waals surface area contributed by atoms with Crippen LogP contribution in [0.4, 0.5) is 4.79 Å². The molecule has 1 saturated heterocycles. The zero-order valence-corrected chi connectivity index (χ0v) is 13.5. The summed E-state index contributed by atoms with van der Waals surface area (Å²) in [5.74, 6) is -0.444. The monoisotopic (exact) mass is 299 g/mol. The van der Waals surface area contributed by atoms with Gasteiger partial charge < -0.3 is 20.2 Å². The Morgan fingerprint density at radius 3 is 2.52 bits per heavy atom. The van der Waals surface area contributed by atoms with Crippen LogP contribution in [-0.4, -0.2) is 66.7 Å². The molecule has 1 heterocycles. The Morgan fingerprint density at radius 1 is 1.38 bits per heavy atom. The molecule has 0 aromatic heterocycles. The summed E-state index contributed by atoms with van der Waals surface area (Å²) in [7, 11) is 3.85. The topological polar surface area (TPSA) is 72.9 Å². The van der Waals surface area contributed by atoms with E-state index >= 15 is 0 Å². The average Bonchev–Trinajstić information content (AvgIpc) is 2.45. The summed E-state index contributed by atoms with van der Waals surface area (Å²) < 4.78 is 0. The third-order valence-electron chi connectivity index (χ3n) is 4.16. The summed E-state index contributed by atoms with van der Waals surface area (Å²) in [5.41, 5.74) is 0. The van der Waals surface area contributed by atoms with E-state index in [1.807, 2.05) is 6.92 Å². The second-order valence-electron chi connectivity index (χ2n) is 6.11. The Balaban J connectivity index is 2.39. The first-order valence-electron chi connectivity index (χ1n) is 7.87. The number of unbranched alkanes of at least 4 members (excludes halogenated alkanes) is 1. The molecule has 0 saturated carbocycles. The van der Waals surface area contributed by atoms with Crippen molar-refractivity contribution >= 4 is 12.0 Å². The van der Waals surface area contributed by atoms with E-state index < -0.39 is 12.0 Å². The lowest BCUT2D eigenvalue weighted by molar-refractivity contribution is -0.139. The maximum atomic E-state index is 12.1. The first kappa shape index (κ1) is 17.8.